The molecule has 0 radical (unpaired) electrons. The number of benzene rings is 1. The van der Waals surface area contributed by atoms with E-state index >= 15 is 0 Å². The van der Waals surface area contributed by atoms with Crippen LogP contribution in [0.15, 0.2) is 24.3 Å². The van der Waals surface area contributed by atoms with Crippen molar-refractivity contribution in [2.24, 2.45) is 0 Å². The van der Waals surface area contributed by atoms with Crippen LogP contribution in [0.1, 0.15) is 6.92 Å². The smallest absolute Gasteiger partial charge is 0.324 e. The minimum Gasteiger partial charge on any atom is -0.491 e. The number of hydrogen-bond acceptors (Lipinski definition) is 3. The Kier molecular flexibility index (Phi) is 7.25. The van der Waals surface area contributed by atoms with Crippen LogP contribution in [0.5, 0.6) is 5.75 Å². The molecule has 0 aliphatic heterocycles. The Morgan fingerprint density at radius 2 is 2.29 bits per heavy atom. The Morgan fingerprint density at radius 3 is 2.82 bits per heavy atom. The highest BCUT2D eigenvalue weighted by molar-refractivity contribution is 5.85. The van der Waals surface area contributed by atoms with Gasteiger partial charge in [-0.3, -0.25) is 4.79 Å². The minimum absolute atomic E-state index is 0. The van der Waals surface area contributed by atoms with Crippen molar-refractivity contribution in [3.63, 3.8) is 0 Å². The summed E-state index contributed by atoms with van der Waals surface area (Å²) in [6.45, 7) is 2.30. The summed E-state index contributed by atoms with van der Waals surface area (Å²) >= 11 is 0. The molecule has 0 aliphatic rings. The third kappa shape index (κ3) is 5.51. The van der Waals surface area contributed by atoms with Gasteiger partial charge in [-0.05, 0) is 18.7 Å². The molecule has 96 valence electrons. The van der Waals surface area contributed by atoms with Crippen molar-refractivity contribution in [1.82, 2.24) is 5.32 Å². The molecule has 6 heteroatoms. The Hall–Kier alpha value is -1.33. The second-order valence-corrected chi connectivity index (χ2v) is 3.22. The van der Waals surface area contributed by atoms with E-state index in [1.165, 1.54) is 18.2 Å². The standard InChI is InChI=1S/C11H14FNO3.ClH/c1-2-13-10(11(14)15)7-16-9-5-3-4-8(12)6-9;/h3-6,10,13H,2,7H2,1H3,(H,14,15);1H/t10-;/m0./s1. The summed E-state index contributed by atoms with van der Waals surface area (Å²) in [7, 11) is 0. The summed E-state index contributed by atoms with van der Waals surface area (Å²) in [6.07, 6.45) is 0. The maximum Gasteiger partial charge on any atom is 0.324 e. The monoisotopic (exact) mass is 263 g/mol. The van der Waals surface area contributed by atoms with Gasteiger partial charge in [0.25, 0.3) is 0 Å². The zero-order chi connectivity index (χ0) is 12.0. The summed E-state index contributed by atoms with van der Waals surface area (Å²) in [4.78, 5) is 10.8. The Labute approximate surface area is 105 Å². The highest BCUT2D eigenvalue weighted by Gasteiger charge is 2.16. The average molecular weight is 264 g/mol. The lowest BCUT2D eigenvalue weighted by Crippen LogP contribution is -2.41. The second-order valence-electron chi connectivity index (χ2n) is 3.22. The topological polar surface area (TPSA) is 58.6 Å². The van der Waals surface area contributed by atoms with Crippen LogP contribution in [0.3, 0.4) is 0 Å². The average Bonchev–Trinajstić information content (AvgIpc) is 2.24. The number of halogens is 2. The van der Waals surface area contributed by atoms with E-state index in [4.69, 9.17) is 9.84 Å². The van der Waals surface area contributed by atoms with Crippen LogP contribution in [0.25, 0.3) is 0 Å². The van der Waals surface area contributed by atoms with Gasteiger partial charge in [-0.1, -0.05) is 13.0 Å². The molecule has 1 rings (SSSR count). The Morgan fingerprint density at radius 1 is 1.59 bits per heavy atom. The first-order valence-electron chi connectivity index (χ1n) is 4.98. The first-order valence-corrected chi connectivity index (χ1v) is 4.98. The number of carboxylic acid groups (broad SMARTS) is 1. The van der Waals surface area contributed by atoms with Crippen LogP contribution >= 0.6 is 12.4 Å². The summed E-state index contributed by atoms with van der Waals surface area (Å²) in [5.41, 5.74) is 0. The minimum atomic E-state index is -0.988. The zero-order valence-corrected chi connectivity index (χ0v) is 10.2. The van der Waals surface area contributed by atoms with Crippen molar-refractivity contribution < 1.29 is 19.0 Å². The molecule has 0 heterocycles. The molecule has 0 unspecified atom stereocenters. The van der Waals surface area contributed by atoms with Gasteiger partial charge in [-0.25, -0.2) is 4.39 Å². The number of likely N-dealkylation sites (N-methyl/N-ethyl adjacent to an activating group) is 1. The van der Waals surface area contributed by atoms with Crippen LogP contribution in [-0.2, 0) is 4.79 Å². The molecule has 0 saturated carbocycles. The first-order chi connectivity index (χ1) is 7.63. The van der Waals surface area contributed by atoms with Crippen molar-refractivity contribution >= 4 is 18.4 Å². The molecule has 0 aromatic heterocycles. The fourth-order valence-electron chi connectivity index (χ4n) is 1.20. The summed E-state index contributed by atoms with van der Waals surface area (Å²) in [6, 6.07) is 4.81. The number of ether oxygens (including phenoxy) is 1. The molecule has 0 bridgehead atoms. The number of nitrogens with one attached hydrogen (secondary N) is 1. The van der Waals surface area contributed by atoms with E-state index < -0.39 is 17.8 Å². The molecule has 0 aliphatic carbocycles. The highest BCUT2D eigenvalue weighted by Crippen LogP contribution is 2.11. The zero-order valence-electron chi connectivity index (χ0n) is 9.35. The molecule has 2 N–H and O–H groups in total. The van der Waals surface area contributed by atoms with E-state index in [1.807, 2.05) is 0 Å². The fraction of sp³-hybridized carbons (Fsp3) is 0.364. The van der Waals surface area contributed by atoms with Crippen LogP contribution in [0.2, 0.25) is 0 Å². The number of rotatable bonds is 6. The van der Waals surface area contributed by atoms with Crippen LogP contribution in [0, 0.1) is 5.82 Å². The largest absolute Gasteiger partial charge is 0.491 e. The quantitative estimate of drug-likeness (QED) is 0.820. The van der Waals surface area contributed by atoms with Gasteiger partial charge in [0, 0.05) is 6.07 Å². The number of hydrogen-bond donors (Lipinski definition) is 2. The Balaban J connectivity index is 0.00000256. The lowest BCUT2D eigenvalue weighted by atomic mass is 10.3. The predicted octanol–water partition coefficient (Wildman–Crippen LogP) is 1.69. The van der Waals surface area contributed by atoms with Crippen molar-refractivity contribution in [3.8, 4) is 5.75 Å². The lowest BCUT2D eigenvalue weighted by molar-refractivity contribution is -0.140. The molecule has 17 heavy (non-hydrogen) atoms. The first kappa shape index (κ1) is 15.7. The van der Waals surface area contributed by atoms with Gasteiger partial charge in [0.1, 0.15) is 24.2 Å². The molecule has 0 fully saturated rings. The molecule has 1 atom stereocenters. The van der Waals surface area contributed by atoms with Crippen molar-refractivity contribution in [1.29, 1.82) is 0 Å². The van der Waals surface area contributed by atoms with Crippen molar-refractivity contribution in [2.75, 3.05) is 13.2 Å². The van der Waals surface area contributed by atoms with Crippen LogP contribution in [0.4, 0.5) is 4.39 Å². The molecule has 0 spiro atoms. The molecular weight excluding hydrogens is 249 g/mol. The van der Waals surface area contributed by atoms with Crippen molar-refractivity contribution in [2.45, 2.75) is 13.0 Å². The molecular formula is C11H15ClFNO3. The van der Waals surface area contributed by atoms with Crippen molar-refractivity contribution in [3.05, 3.63) is 30.1 Å². The van der Waals surface area contributed by atoms with E-state index in [2.05, 4.69) is 5.32 Å². The maximum absolute atomic E-state index is 12.8. The number of aliphatic carboxylic acids is 1. The summed E-state index contributed by atoms with van der Waals surface area (Å²) in [5.74, 6) is -1.07. The molecule has 4 nitrogen and oxygen atoms in total. The lowest BCUT2D eigenvalue weighted by Gasteiger charge is -2.14. The predicted molar refractivity (Wildman–Crippen MR) is 64.2 cm³/mol. The van der Waals surface area contributed by atoms with Crippen LogP contribution in [-0.4, -0.2) is 30.3 Å². The van der Waals surface area contributed by atoms with Gasteiger partial charge >= 0.3 is 5.97 Å². The fourth-order valence-corrected chi connectivity index (χ4v) is 1.20. The highest BCUT2D eigenvalue weighted by atomic mass is 35.5. The van der Waals surface area contributed by atoms with E-state index in [1.54, 1.807) is 13.0 Å². The van der Waals surface area contributed by atoms with Gasteiger partial charge in [-0.15, -0.1) is 12.4 Å². The number of carbonyl (C=O) groups is 1. The van der Waals surface area contributed by atoms with E-state index in [0.29, 0.717) is 12.3 Å². The molecule has 1 aromatic rings. The van der Waals surface area contributed by atoms with Gasteiger partial charge in [0.05, 0.1) is 0 Å². The normalized spacial score (nSPS) is 11.4. The SMILES string of the molecule is CCN[C@@H](COc1cccc(F)c1)C(=O)O.Cl. The van der Waals surface area contributed by atoms with E-state index in [-0.39, 0.29) is 19.0 Å². The number of carboxylic acids is 1. The molecule has 0 amide bonds. The maximum atomic E-state index is 12.8. The summed E-state index contributed by atoms with van der Waals surface area (Å²) in [5, 5.41) is 11.6. The van der Waals surface area contributed by atoms with E-state index in [0.717, 1.165) is 0 Å². The van der Waals surface area contributed by atoms with Crippen LogP contribution < -0.4 is 10.1 Å². The molecule has 0 saturated heterocycles. The third-order valence-electron chi connectivity index (χ3n) is 1.96. The van der Waals surface area contributed by atoms with Gasteiger partial charge in [0.2, 0.25) is 0 Å². The van der Waals surface area contributed by atoms with Gasteiger partial charge in [-0.2, -0.15) is 0 Å². The summed E-state index contributed by atoms with van der Waals surface area (Å²) < 4.78 is 18.0. The third-order valence-corrected chi connectivity index (χ3v) is 1.96. The van der Waals surface area contributed by atoms with Gasteiger partial charge < -0.3 is 15.2 Å². The molecule has 1 aromatic carbocycles. The second kappa shape index (κ2) is 7.86. The van der Waals surface area contributed by atoms with E-state index in [9.17, 15) is 9.18 Å². The Bertz CT molecular complexity index is 362. The van der Waals surface area contributed by atoms with Gasteiger partial charge in [0.15, 0.2) is 0 Å².